The van der Waals surface area contributed by atoms with E-state index in [9.17, 15) is 4.79 Å². The standard InChI is InChI=1S/C10H14N4O/c1-3-5-9(4-2)13-10(15)6-14-8-11-7-12-14/h2,7-9H,3,5-6H2,1H3,(H,13,15). The average Bonchev–Trinajstić information content (AvgIpc) is 2.69. The summed E-state index contributed by atoms with van der Waals surface area (Å²) in [5.74, 6) is 2.39. The highest BCUT2D eigenvalue weighted by Gasteiger charge is 2.08. The lowest BCUT2D eigenvalue weighted by molar-refractivity contribution is -0.122. The van der Waals surface area contributed by atoms with Gasteiger partial charge in [0.25, 0.3) is 0 Å². The van der Waals surface area contributed by atoms with E-state index in [0.29, 0.717) is 0 Å². The zero-order valence-electron chi connectivity index (χ0n) is 8.68. The van der Waals surface area contributed by atoms with Gasteiger partial charge in [-0.1, -0.05) is 19.3 Å². The molecule has 5 nitrogen and oxygen atoms in total. The third-order valence-electron chi connectivity index (χ3n) is 1.89. The first-order valence-electron chi connectivity index (χ1n) is 4.84. The number of amides is 1. The fourth-order valence-electron chi connectivity index (χ4n) is 1.19. The molecule has 1 rings (SSSR count). The largest absolute Gasteiger partial charge is 0.341 e. The number of carbonyl (C=O) groups excluding carboxylic acids is 1. The summed E-state index contributed by atoms with van der Waals surface area (Å²) in [7, 11) is 0. The lowest BCUT2D eigenvalue weighted by Crippen LogP contribution is -2.36. The molecule has 0 saturated heterocycles. The first-order chi connectivity index (χ1) is 7.26. The lowest BCUT2D eigenvalue weighted by atomic mass is 10.2. The van der Waals surface area contributed by atoms with Crippen LogP contribution in [0.1, 0.15) is 19.8 Å². The van der Waals surface area contributed by atoms with Crippen molar-refractivity contribution in [2.45, 2.75) is 32.4 Å². The lowest BCUT2D eigenvalue weighted by Gasteiger charge is -2.11. The van der Waals surface area contributed by atoms with Crippen LogP contribution >= 0.6 is 0 Å². The average molecular weight is 206 g/mol. The summed E-state index contributed by atoms with van der Waals surface area (Å²) in [6.07, 6.45) is 9.89. The van der Waals surface area contributed by atoms with Crippen LogP contribution in [0.2, 0.25) is 0 Å². The highest BCUT2D eigenvalue weighted by Crippen LogP contribution is 1.94. The molecule has 0 bridgehead atoms. The molecule has 0 fully saturated rings. The van der Waals surface area contributed by atoms with Gasteiger partial charge in [0.05, 0.1) is 6.04 Å². The molecular weight excluding hydrogens is 192 g/mol. The van der Waals surface area contributed by atoms with Crippen molar-refractivity contribution in [1.82, 2.24) is 20.1 Å². The Kier molecular flexibility index (Phi) is 4.35. The summed E-state index contributed by atoms with van der Waals surface area (Å²) in [6.45, 7) is 2.18. The Balaban J connectivity index is 2.38. The number of hydrogen-bond donors (Lipinski definition) is 1. The minimum atomic E-state index is -0.189. The molecule has 5 heteroatoms. The van der Waals surface area contributed by atoms with E-state index in [-0.39, 0.29) is 18.5 Å². The summed E-state index contributed by atoms with van der Waals surface area (Å²) >= 11 is 0. The second-order valence-corrected chi connectivity index (χ2v) is 3.17. The molecule has 0 aliphatic heterocycles. The van der Waals surface area contributed by atoms with E-state index in [1.54, 1.807) is 0 Å². The molecule has 0 aromatic carbocycles. The molecule has 15 heavy (non-hydrogen) atoms. The Labute approximate surface area is 88.9 Å². The van der Waals surface area contributed by atoms with Crippen molar-refractivity contribution in [1.29, 1.82) is 0 Å². The number of hydrogen-bond acceptors (Lipinski definition) is 3. The molecule has 1 N–H and O–H groups in total. The number of nitrogens with one attached hydrogen (secondary N) is 1. The quantitative estimate of drug-likeness (QED) is 0.700. The van der Waals surface area contributed by atoms with Gasteiger partial charge >= 0.3 is 0 Å². The number of carbonyl (C=O) groups is 1. The number of terminal acetylenes is 1. The van der Waals surface area contributed by atoms with Crippen LogP contribution in [-0.2, 0) is 11.3 Å². The smallest absolute Gasteiger partial charge is 0.242 e. The maximum absolute atomic E-state index is 11.5. The van der Waals surface area contributed by atoms with Crippen LogP contribution in [0.3, 0.4) is 0 Å². The SMILES string of the molecule is C#CC(CCC)NC(=O)Cn1cncn1. The maximum atomic E-state index is 11.5. The minimum Gasteiger partial charge on any atom is -0.341 e. The van der Waals surface area contributed by atoms with E-state index >= 15 is 0 Å². The van der Waals surface area contributed by atoms with E-state index < -0.39 is 0 Å². The Bertz CT molecular complexity index is 339. The van der Waals surface area contributed by atoms with Gasteiger partial charge < -0.3 is 5.32 Å². The van der Waals surface area contributed by atoms with Crippen LogP contribution in [0.4, 0.5) is 0 Å². The molecule has 1 amide bonds. The fraction of sp³-hybridized carbons (Fsp3) is 0.500. The van der Waals surface area contributed by atoms with Crippen molar-refractivity contribution >= 4 is 5.91 Å². The van der Waals surface area contributed by atoms with Gasteiger partial charge in [0, 0.05) is 0 Å². The van der Waals surface area contributed by atoms with Gasteiger partial charge in [0.2, 0.25) is 5.91 Å². The van der Waals surface area contributed by atoms with Crippen molar-refractivity contribution in [2.75, 3.05) is 0 Å². The molecule has 1 heterocycles. The van der Waals surface area contributed by atoms with Crippen LogP contribution in [0.15, 0.2) is 12.7 Å². The Morgan fingerprint density at radius 2 is 2.53 bits per heavy atom. The molecule has 1 atom stereocenters. The normalized spacial score (nSPS) is 11.7. The Morgan fingerprint density at radius 1 is 1.73 bits per heavy atom. The van der Waals surface area contributed by atoms with Crippen molar-refractivity contribution < 1.29 is 4.79 Å². The minimum absolute atomic E-state index is 0.142. The molecule has 80 valence electrons. The molecule has 1 aromatic heterocycles. The van der Waals surface area contributed by atoms with Gasteiger partial charge in [-0.05, 0) is 6.42 Å². The summed E-state index contributed by atoms with van der Waals surface area (Å²) in [4.78, 5) is 15.2. The summed E-state index contributed by atoms with van der Waals surface area (Å²) in [6, 6.07) is -0.189. The number of nitrogens with zero attached hydrogens (tertiary/aromatic N) is 3. The van der Waals surface area contributed by atoms with Gasteiger partial charge in [-0.2, -0.15) is 5.10 Å². The Hall–Kier alpha value is -1.83. The second-order valence-electron chi connectivity index (χ2n) is 3.17. The third kappa shape index (κ3) is 3.81. The first-order valence-corrected chi connectivity index (χ1v) is 4.84. The molecular formula is C10H14N4O. The van der Waals surface area contributed by atoms with Crippen LogP contribution in [-0.4, -0.2) is 26.7 Å². The van der Waals surface area contributed by atoms with E-state index in [4.69, 9.17) is 6.42 Å². The van der Waals surface area contributed by atoms with Gasteiger partial charge in [-0.15, -0.1) is 6.42 Å². The van der Waals surface area contributed by atoms with E-state index in [1.165, 1.54) is 17.3 Å². The predicted octanol–water partition coefficient (Wildman–Crippen LogP) is 0.196. The van der Waals surface area contributed by atoms with Gasteiger partial charge in [0.1, 0.15) is 19.2 Å². The fourth-order valence-corrected chi connectivity index (χ4v) is 1.19. The molecule has 1 unspecified atom stereocenters. The zero-order chi connectivity index (χ0) is 11.1. The zero-order valence-corrected chi connectivity index (χ0v) is 8.68. The highest BCUT2D eigenvalue weighted by molar-refractivity contribution is 5.76. The topological polar surface area (TPSA) is 59.8 Å². The molecule has 0 spiro atoms. The molecule has 0 aliphatic carbocycles. The molecule has 0 radical (unpaired) electrons. The van der Waals surface area contributed by atoms with Gasteiger partial charge in [0.15, 0.2) is 0 Å². The van der Waals surface area contributed by atoms with Crippen LogP contribution in [0.25, 0.3) is 0 Å². The number of rotatable bonds is 5. The van der Waals surface area contributed by atoms with Crippen LogP contribution in [0, 0.1) is 12.3 Å². The summed E-state index contributed by atoms with van der Waals surface area (Å²) in [5.41, 5.74) is 0. The molecule has 0 saturated carbocycles. The van der Waals surface area contributed by atoms with Gasteiger partial charge in [-0.3, -0.25) is 4.79 Å². The van der Waals surface area contributed by atoms with Crippen LogP contribution < -0.4 is 5.32 Å². The van der Waals surface area contributed by atoms with Crippen molar-refractivity contribution in [3.05, 3.63) is 12.7 Å². The Morgan fingerprint density at radius 3 is 3.07 bits per heavy atom. The predicted molar refractivity (Wildman–Crippen MR) is 55.7 cm³/mol. The van der Waals surface area contributed by atoms with Crippen LogP contribution in [0.5, 0.6) is 0 Å². The van der Waals surface area contributed by atoms with E-state index in [1.807, 2.05) is 6.92 Å². The molecule has 1 aromatic rings. The van der Waals surface area contributed by atoms with Crippen molar-refractivity contribution in [3.8, 4) is 12.3 Å². The molecule has 0 aliphatic rings. The van der Waals surface area contributed by atoms with Crippen molar-refractivity contribution in [3.63, 3.8) is 0 Å². The van der Waals surface area contributed by atoms with Gasteiger partial charge in [-0.25, -0.2) is 9.67 Å². The van der Waals surface area contributed by atoms with Crippen molar-refractivity contribution in [2.24, 2.45) is 0 Å². The second kappa shape index (κ2) is 5.81. The maximum Gasteiger partial charge on any atom is 0.242 e. The monoisotopic (exact) mass is 206 g/mol. The highest BCUT2D eigenvalue weighted by atomic mass is 16.2. The van der Waals surface area contributed by atoms with E-state index in [2.05, 4.69) is 21.3 Å². The first kappa shape index (κ1) is 11.2. The van der Waals surface area contributed by atoms with E-state index in [0.717, 1.165) is 12.8 Å². The number of aromatic nitrogens is 3. The summed E-state index contributed by atoms with van der Waals surface area (Å²) < 4.78 is 1.45. The summed E-state index contributed by atoms with van der Waals surface area (Å²) in [5, 5.41) is 6.57. The third-order valence-corrected chi connectivity index (χ3v) is 1.89.